The van der Waals surface area contributed by atoms with Crippen molar-refractivity contribution in [3.63, 3.8) is 0 Å². The third-order valence-corrected chi connectivity index (χ3v) is 2.33. The van der Waals surface area contributed by atoms with Gasteiger partial charge in [-0.3, -0.25) is 4.98 Å². The second-order valence-electron chi connectivity index (χ2n) is 3.74. The summed E-state index contributed by atoms with van der Waals surface area (Å²) >= 11 is 0. The highest BCUT2D eigenvalue weighted by Crippen LogP contribution is 2.11. The molecule has 0 atom stereocenters. The normalized spacial score (nSPS) is 10.1. The number of hydrogen-bond acceptors (Lipinski definition) is 5. The van der Waals surface area contributed by atoms with Gasteiger partial charge in [-0.2, -0.15) is 0 Å². The molecule has 1 rings (SSSR count). The van der Waals surface area contributed by atoms with Crippen LogP contribution in [0.25, 0.3) is 0 Å². The standard InChI is InChI=1S/C12H19N3O2/c1-4-6-15(7-5-2)11-9-13-8-10(14-11)12(16)17-3/h8-9H,4-7H2,1-3H3. The molecule has 0 bridgehead atoms. The van der Waals surface area contributed by atoms with Gasteiger partial charge in [0.05, 0.1) is 19.5 Å². The van der Waals surface area contributed by atoms with Gasteiger partial charge < -0.3 is 9.64 Å². The maximum atomic E-state index is 11.4. The summed E-state index contributed by atoms with van der Waals surface area (Å²) in [5.74, 6) is 0.281. The first kappa shape index (κ1) is 13.4. The van der Waals surface area contributed by atoms with E-state index in [2.05, 4.69) is 33.5 Å². The third kappa shape index (κ3) is 3.69. The first-order chi connectivity index (χ1) is 8.22. The minimum Gasteiger partial charge on any atom is -0.464 e. The van der Waals surface area contributed by atoms with Gasteiger partial charge in [0, 0.05) is 13.1 Å². The van der Waals surface area contributed by atoms with Crippen LogP contribution in [-0.2, 0) is 4.74 Å². The lowest BCUT2D eigenvalue weighted by Crippen LogP contribution is -2.26. The predicted octanol–water partition coefficient (Wildman–Crippen LogP) is 1.89. The van der Waals surface area contributed by atoms with Gasteiger partial charge in [-0.1, -0.05) is 13.8 Å². The molecule has 0 saturated carbocycles. The first-order valence-corrected chi connectivity index (χ1v) is 5.88. The summed E-state index contributed by atoms with van der Waals surface area (Å²) in [6.45, 7) is 6.04. The van der Waals surface area contributed by atoms with Crippen LogP contribution in [0.15, 0.2) is 12.4 Å². The molecule has 94 valence electrons. The highest BCUT2D eigenvalue weighted by Gasteiger charge is 2.12. The Labute approximate surface area is 102 Å². The summed E-state index contributed by atoms with van der Waals surface area (Å²) in [5, 5.41) is 0. The first-order valence-electron chi connectivity index (χ1n) is 5.88. The fraction of sp³-hybridized carbons (Fsp3) is 0.583. The molecule has 0 saturated heterocycles. The van der Waals surface area contributed by atoms with Crippen LogP contribution in [0.3, 0.4) is 0 Å². The number of anilines is 1. The lowest BCUT2D eigenvalue weighted by atomic mass is 10.3. The summed E-state index contributed by atoms with van der Waals surface area (Å²) in [4.78, 5) is 21.8. The summed E-state index contributed by atoms with van der Waals surface area (Å²) < 4.78 is 4.63. The SMILES string of the molecule is CCCN(CCC)c1cncc(C(=O)OC)n1. The summed E-state index contributed by atoms with van der Waals surface area (Å²) in [7, 11) is 1.34. The van der Waals surface area contributed by atoms with E-state index >= 15 is 0 Å². The van der Waals surface area contributed by atoms with E-state index in [0.29, 0.717) is 0 Å². The maximum absolute atomic E-state index is 11.4. The minimum atomic E-state index is -0.452. The van der Waals surface area contributed by atoms with Crippen molar-refractivity contribution in [2.75, 3.05) is 25.1 Å². The number of methoxy groups -OCH3 is 1. The van der Waals surface area contributed by atoms with Gasteiger partial charge in [0.1, 0.15) is 5.82 Å². The van der Waals surface area contributed by atoms with Crippen molar-refractivity contribution < 1.29 is 9.53 Å². The van der Waals surface area contributed by atoms with Crippen molar-refractivity contribution in [2.24, 2.45) is 0 Å². The second-order valence-corrected chi connectivity index (χ2v) is 3.74. The molecule has 0 aliphatic carbocycles. The minimum absolute atomic E-state index is 0.252. The summed E-state index contributed by atoms with van der Waals surface area (Å²) in [6, 6.07) is 0. The monoisotopic (exact) mass is 237 g/mol. The molecule has 1 aromatic heterocycles. The largest absolute Gasteiger partial charge is 0.464 e. The Bertz CT molecular complexity index is 363. The van der Waals surface area contributed by atoms with Crippen molar-refractivity contribution >= 4 is 11.8 Å². The van der Waals surface area contributed by atoms with E-state index in [1.165, 1.54) is 13.3 Å². The predicted molar refractivity (Wildman–Crippen MR) is 66.2 cm³/mol. The Balaban J connectivity index is 2.91. The Morgan fingerprint density at radius 2 is 1.94 bits per heavy atom. The molecular formula is C12H19N3O2. The van der Waals surface area contributed by atoms with E-state index in [4.69, 9.17) is 0 Å². The highest BCUT2D eigenvalue weighted by molar-refractivity contribution is 5.87. The van der Waals surface area contributed by atoms with Gasteiger partial charge >= 0.3 is 5.97 Å². The number of carbonyl (C=O) groups is 1. The van der Waals surface area contributed by atoms with E-state index in [1.807, 2.05) is 0 Å². The zero-order chi connectivity index (χ0) is 12.7. The highest BCUT2D eigenvalue weighted by atomic mass is 16.5. The molecule has 0 N–H and O–H groups in total. The van der Waals surface area contributed by atoms with Crippen LogP contribution in [0.2, 0.25) is 0 Å². The fourth-order valence-electron chi connectivity index (χ4n) is 1.59. The zero-order valence-corrected chi connectivity index (χ0v) is 10.6. The quantitative estimate of drug-likeness (QED) is 0.707. The lowest BCUT2D eigenvalue weighted by Gasteiger charge is -2.22. The molecule has 0 unspecified atom stereocenters. The molecule has 0 amide bonds. The topological polar surface area (TPSA) is 55.3 Å². The van der Waals surface area contributed by atoms with Crippen molar-refractivity contribution in [1.29, 1.82) is 0 Å². The van der Waals surface area contributed by atoms with Crippen LogP contribution in [0.5, 0.6) is 0 Å². The number of esters is 1. The molecule has 0 spiro atoms. The maximum Gasteiger partial charge on any atom is 0.358 e. The van der Waals surface area contributed by atoms with Crippen LogP contribution in [0.4, 0.5) is 5.82 Å². The molecule has 1 aromatic rings. The lowest BCUT2D eigenvalue weighted by molar-refractivity contribution is 0.0593. The summed E-state index contributed by atoms with van der Waals surface area (Å²) in [6.07, 6.45) is 5.16. The Morgan fingerprint density at radius 1 is 1.29 bits per heavy atom. The molecule has 0 aliphatic rings. The van der Waals surface area contributed by atoms with Gasteiger partial charge in [-0.15, -0.1) is 0 Å². The summed E-state index contributed by atoms with van der Waals surface area (Å²) in [5.41, 5.74) is 0.252. The van der Waals surface area contributed by atoms with Crippen molar-refractivity contribution in [3.8, 4) is 0 Å². The fourth-order valence-corrected chi connectivity index (χ4v) is 1.59. The Morgan fingerprint density at radius 3 is 2.47 bits per heavy atom. The number of rotatable bonds is 6. The van der Waals surface area contributed by atoms with E-state index in [0.717, 1.165) is 31.7 Å². The Kier molecular flexibility index (Phi) is 5.39. The molecule has 0 aromatic carbocycles. The van der Waals surface area contributed by atoms with E-state index < -0.39 is 5.97 Å². The van der Waals surface area contributed by atoms with Crippen LogP contribution >= 0.6 is 0 Å². The van der Waals surface area contributed by atoms with Crippen LogP contribution < -0.4 is 4.90 Å². The van der Waals surface area contributed by atoms with Crippen molar-refractivity contribution in [1.82, 2.24) is 9.97 Å². The smallest absolute Gasteiger partial charge is 0.358 e. The third-order valence-electron chi connectivity index (χ3n) is 2.33. The number of carbonyl (C=O) groups excluding carboxylic acids is 1. The van der Waals surface area contributed by atoms with Crippen molar-refractivity contribution in [2.45, 2.75) is 26.7 Å². The number of aromatic nitrogens is 2. The molecule has 5 nitrogen and oxygen atoms in total. The van der Waals surface area contributed by atoms with Gasteiger partial charge in [0.15, 0.2) is 5.69 Å². The van der Waals surface area contributed by atoms with Crippen LogP contribution in [-0.4, -0.2) is 36.1 Å². The van der Waals surface area contributed by atoms with E-state index in [9.17, 15) is 4.79 Å². The van der Waals surface area contributed by atoms with Gasteiger partial charge in [-0.25, -0.2) is 9.78 Å². The van der Waals surface area contributed by atoms with E-state index in [1.54, 1.807) is 6.20 Å². The van der Waals surface area contributed by atoms with E-state index in [-0.39, 0.29) is 5.69 Å². The van der Waals surface area contributed by atoms with Crippen molar-refractivity contribution in [3.05, 3.63) is 18.1 Å². The van der Waals surface area contributed by atoms with Crippen LogP contribution in [0.1, 0.15) is 37.2 Å². The number of nitrogens with zero attached hydrogens (tertiary/aromatic N) is 3. The second kappa shape index (κ2) is 6.83. The Hall–Kier alpha value is -1.65. The van der Waals surface area contributed by atoms with Gasteiger partial charge in [0.2, 0.25) is 0 Å². The molecule has 0 fully saturated rings. The molecule has 5 heteroatoms. The molecular weight excluding hydrogens is 218 g/mol. The molecule has 17 heavy (non-hydrogen) atoms. The zero-order valence-electron chi connectivity index (χ0n) is 10.6. The van der Waals surface area contributed by atoms with Crippen LogP contribution in [0, 0.1) is 0 Å². The molecule has 0 aliphatic heterocycles. The van der Waals surface area contributed by atoms with Gasteiger partial charge in [-0.05, 0) is 12.8 Å². The van der Waals surface area contributed by atoms with Gasteiger partial charge in [0.25, 0.3) is 0 Å². The average Bonchev–Trinajstić information content (AvgIpc) is 2.37. The number of hydrogen-bond donors (Lipinski definition) is 0. The average molecular weight is 237 g/mol. The molecule has 0 radical (unpaired) electrons. The molecule has 1 heterocycles. The number of ether oxygens (including phenoxy) is 1.